The molecule has 0 radical (unpaired) electrons. The standard InChI is InChI=1S/C16H30N2O3/c1-4-12(3)11-18(5-2)16(21)17-10-13-8-6-7-9-14(13)15(19)20/h12-14H,4-11H2,1-3H3,(H,17,21)(H,19,20). The topological polar surface area (TPSA) is 69.6 Å². The molecule has 2 amide bonds. The Bertz CT molecular complexity index is 346. The summed E-state index contributed by atoms with van der Waals surface area (Å²) in [5, 5.41) is 12.2. The number of nitrogens with zero attached hydrogens (tertiary/aromatic N) is 1. The van der Waals surface area contributed by atoms with Gasteiger partial charge in [-0.25, -0.2) is 4.79 Å². The molecule has 0 aromatic rings. The molecular weight excluding hydrogens is 268 g/mol. The van der Waals surface area contributed by atoms with Crippen LogP contribution in [0.4, 0.5) is 4.79 Å². The van der Waals surface area contributed by atoms with E-state index in [4.69, 9.17) is 0 Å². The molecule has 3 atom stereocenters. The average molecular weight is 298 g/mol. The Balaban J connectivity index is 2.47. The first-order chi connectivity index (χ1) is 9.99. The van der Waals surface area contributed by atoms with E-state index in [1.807, 2.05) is 11.8 Å². The molecule has 1 rings (SSSR count). The summed E-state index contributed by atoms with van der Waals surface area (Å²) in [6.07, 6.45) is 4.73. The average Bonchev–Trinajstić information content (AvgIpc) is 2.49. The highest BCUT2D eigenvalue weighted by atomic mass is 16.4. The zero-order valence-corrected chi connectivity index (χ0v) is 13.6. The van der Waals surface area contributed by atoms with Gasteiger partial charge in [0.05, 0.1) is 5.92 Å². The summed E-state index contributed by atoms with van der Waals surface area (Å²) in [4.78, 5) is 25.3. The highest BCUT2D eigenvalue weighted by molar-refractivity contribution is 5.74. The molecule has 0 spiro atoms. The van der Waals surface area contributed by atoms with Crippen molar-refractivity contribution in [3.05, 3.63) is 0 Å². The van der Waals surface area contributed by atoms with Crippen LogP contribution in [0.15, 0.2) is 0 Å². The summed E-state index contributed by atoms with van der Waals surface area (Å²) in [5.41, 5.74) is 0. The highest BCUT2D eigenvalue weighted by Gasteiger charge is 2.31. The van der Waals surface area contributed by atoms with E-state index < -0.39 is 5.97 Å². The molecule has 21 heavy (non-hydrogen) atoms. The monoisotopic (exact) mass is 298 g/mol. The fraction of sp³-hybridized carbons (Fsp3) is 0.875. The zero-order valence-electron chi connectivity index (χ0n) is 13.6. The van der Waals surface area contributed by atoms with Gasteiger partial charge >= 0.3 is 12.0 Å². The lowest BCUT2D eigenvalue weighted by Crippen LogP contribution is -2.45. The molecule has 0 aromatic carbocycles. The van der Waals surface area contributed by atoms with E-state index in [0.717, 1.165) is 38.6 Å². The van der Waals surface area contributed by atoms with Crippen molar-refractivity contribution < 1.29 is 14.7 Å². The summed E-state index contributed by atoms with van der Waals surface area (Å²) < 4.78 is 0. The number of nitrogens with one attached hydrogen (secondary N) is 1. The number of carboxylic acids is 1. The second kappa shape index (κ2) is 8.90. The fourth-order valence-corrected chi connectivity index (χ4v) is 2.97. The van der Waals surface area contributed by atoms with Crippen molar-refractivity contribution in [1.29, 1.82) is 0 Å². The molecule has 0 saturated heterocycles. The smallest absolute Gasteiger partial charge is 0.317 e. The minimum Gasteiger partial charge on any atom is -0.481 e. The van der Waals surface area contributed by atoms with Crippen LogP contribution in [0.3, 0.4) is 0 Å². The van der Waals surface area contributed by atoms with E-state index in [-0.39, 0.29) is 17.9 Å². The number of aliphatic carboxylic acids is 1. The van der Waals surface area contributed by atoms with Gasteiger partial charge < -0.3 is 15.3 Å². The summed E-state index contributed by atoms with van der Waals surface area (Å²) in [6.45, 7) is 8.15. The molecular formula is C16H30N2O3. The number of hydrogen-bond acceptors (Lipinski definition) is 2. The van der Waals surface area contributed by atoms with Crippen LogP contribution in [-0.4, -0.2) is 41.6 Å². The van der Waals surface area contributed by atoms with Crippen molar-refractivity contribution in [3.8, 4) is 0 Å². The van der Waals surface area contributed by atoms with Crippen LogP contribution in [0.25, 0.3) is 0 Å². The fourth-order valence-electron chi connectivity index (χ4n) is 2.97. The van der Waals surface area contributed by atoms with Crippen LogP contribution in [0, 0.1) is 17.8 Å². The predicted molar refractivity (Wildman–Crippen MR) is 83.2 cm³/mol. The first kappa shape index (κ1) is 17.8. The molecule has 1 aliphatic carbocycles. The Morgan fingerprint density at radius 1 is 1.29 bits per heavy atom. The number of carbonyl (C=O) groups excluding carboxylic acids is 1. The minimum atomic E-state index is -0.721. The van der Waals surface area contributed by atoms with Crippen molar-refractivity contribution in [2.45, 2.75) is 52.9 Å². The molecule has 122 valence electrons. The number of amides is 2. The van der Waals surface area contributed by atoms with Gasteiger partial charge in [-0.1, -0.05) is 33.1 Å². The van der Waals surface area contributed by atoms with Crippen molar-refractivity contribution in [1.82, 2.24) is 10.2 Å². The Morgan fingerprint density at radius 2 is 1.95 bits per heavy atom. The van der Waals surface area contributed by atoms with Crippen LogP contribution < -0.4 is 5.32 Å². The molecule has 1 fully saturated rings. The van der Waals surface area contributed by atoms with Gasteiger partial charge in [0.1, 0.15) is 0 Å². The lowest BCUT2D eigenvalue weighted by molar-refractivity contribution is -0.144. The van der Waals surface area contributed by atoms with Crippen molar-refractivity contribution in [2.24, 2.45) is 17.8 Å². The van der Waals surface area contributed by atoms with E-state index in [0.29, 0.717) is 19.0 Å². The maximum atomic E-state index is 12.2. The molecule has 1 saturated carbocycles. The van der Waals surface area contributed by atoms with Gasteiger partial charge in [-0.3, -0.25) is 4.79 Å². The number of carboxylic acid groups (broad SMARTS) is 1. The van der Waals surface area contributed by atoms with Crippen molar-refractivity contribution in [3.63, 3.8) is 0 Å². The largest absolute Gasteiger partial charge is 0.481 e. The maximum Gasteiger partial charge on any atom is 0.317 e. The molecule has 5 heteroatoms. The van der Waals surface area contributed by atoms with Crippen LogP contribution in [0.2, 0.25) is 0 Å². The number of hydrogen-bond donors (Lipinski definition) is 2. The molecule has 3 unspecified atom stereocenters. The van der Waals surface area contributed by atoms with Gasteiger partial charge in [-0.2, -0.15) is 0 Å². The Morgan fingerprint density at radius 3 is 2.52 bits per heavy atom. The van der Waals surface area contributed by atoms with Gasteiger partial charge in [-0.15, -0.1) is 0 Å². The van der Waals surface area contributed by atoms with Crippen molar-refractivity contribution in [2.75, 3.05) is 19.6 Å². The van der Waals surface area contributed by atoms with E-state index in [2.05, 4.69) is 19.2 Å². The summed E-state index contributed by atoms with van der Waals surface area (Å²) in [7, 11) is 0. The second-order valence-electron chi connectivity index (χ2n) is 6.23. The van der Waals surface area contributed by atoms with E-state index >= 15 is 0 Å². The lowest BCUT2D eigenvalue weighted by Gasteiger charge is -2.30. The van der Waals surface area contributed by atoms with Gasteiger partial charge in [0.25, 0.3) is 0 Å². The first-order valence-corrected chi connectivity index (χ1v) is 8.25. The maximum absolute atomic E-state index is 12.2. The van der Waals surface area contributed by atoms with Crippen molar-refractivity contribution >= 4 is 12.0 Å². The molecule has 0 aliphatic heterocycles. The van der Waals surface area contributed by atoms with E-state index in [1.54, 1.807) is 0 Å². The molecule has 2 N–H and O–H groups in total. The Hall–Kier alpha value is -1.26. The Kier molecular flexibility index (Phi) is 7.54. The van der Waals surface area contributed by atoms with Crippen LogP contribution >= 0.6 is 0 Å². The minimum absolute atomic E-state index is 0.0625. The molecule has 0 bridgehead atoms. The Labute approximate surface area is 128 Å². The van der Waals surface area contributed by atoms with Gasteiger partial charge in [0, 0.05) is 19.6 Å². The molecule has 0 aromatic heterocycles. The quantitative estimate of drug-likeness (QED) is 0.759. The third-order valence-corrected chi connectivity index (χ3v) is 4.64. The summed E-state index contributed by atoms with van der Waals surface area (Å²) >= 11 is 0. The van der Waals surface area contributed by atoms with Crippen LogP contribution in [0.5, 0.6) is 0 Å². The highest BCUT2D eigenvalue weighted by Crippen LogP contribution is 2.29. The van der Waals surface area contributed by atoms with Crippen LogP contribution in [-0.2, 0) is 4.79 Å². The van der Waals surface area contributed by atoms with E-state index in [9.17, 15) is 14.7 Å². The SMILES string of the molecule is CCC(C)CN(CC)C(=O)NCC1CCCCC1C(=O)O. The van der Waals surface area contributed by atoms with Crippen LogP contribution in [0.1, 0.15) is 52.9 Å². The molecule has 1 aliphatic rings. The second-order valence-corrected chi connectivity index (χ2v) is 6.23. The van der Waals surface area contributed by atoms with Gasteiger partial charge in [-0.05, 0) is 31.6 Å². The number of carbonyl (C=O) groups is 2. The predicted octanol–water partition coefficient (Wildman–Crippen LogP) is 2.96. The lowest BCUT2D eigenvalue weighted by atomic mass is 9.79. The third-order valence-electron chi connectivity index (χ3n) is 4.64. The third kappa shape index (κ3) is 5.56. The van der Waals surface area contributed by atoms with Gasteiger partial charge in [0.15, 0.2) is 0 Å². The summed E-state index contributed by atoms with van der Waals surface area (Å²) in [5.74, 6) is -0.468. The van der Waals surface area contributed by atoms with E-state index in [1.165, 1.54) is 0 Å². The zero-order chi connectivity index (χ0) is 15.8. The number of urea groups is 1. The molecule has 0 heterocycles. The normalized spacial score (nSPS) is 23.4. The molecule has 5 nitrogen and oxygen atoms in total. The van der Waals surface area contributed by atoms with Gasteiger partial charge in [0.2, 0.25) is 0 Å². The summed E-state index contributed by atoms with van der Waals surface area (Å²) in [6, 6.07) is -0.0625. The first-order valence-electron chi connectivity index (χ1n) is 8.25. The number of rotatable bonds is 7.